The van der Waals surface area contributed by atoms with E-state index in [-0.39, 0.29) is 12.2 Å². The highest BCUT2D eigenvalue weighted by Gasteiger charge is 2.04. The minimum atomic E-state index is 0.250. The Morgan fingerprint density at radius 3 is 1.55 bits per heavy atom. The molecule has 2 aromatic carbocycles. The van der Waals surface area contributed by atoms with E-state index in [1.807, 2.05) is 13.8 Å². The first-order chi connectivity index (χ1) is 13.6. The standard InChI is InChI=1S/C14H22O.C13H20O/c1-10(2)8-13-6-7-14(12(5)9-13)15-11(3)4;1-10(2)9-12-5-7-13(8-6-12)14-11(3)4/h6-7,9-11H,8H2,1-5H3;5-8,10-11H,9H2,1-4H3. The van der Waals surface area contributed by atoms with Gasteiger partial charge >= 0.3 is 0 Å². The van der Waals surface area contributed by atoms with Crippen LogP contribution in [0.15, 0.2) is 42.5 Å². The van der Waals surface area contributed by atoms with Crippen molar-refractivity contribution in [1.29, 1.82) is 0 Å². The van der Waals surface area contributed by atoms with E-state index in [9.17, 15) is 0 Å². The zero-order valence-corrected chi connectivity index (χ0v) is 20.1. The van der Waals surface area contributed by atoms with Crippen molar-refractivity contribution in [1.82, 2.24) is 0 Å². The van der Waals surface area contributed by atoms with Crippen LogP contribution in [0.5, 0.6) is 11.5 Å². The highest BCUT2D eigenvalue weighted by Crippen LogP contribution is 2.21. The van der Waals surface area contributed by atoms with Crippen molar-refractivity contribution in [2.24, 2.45) is 11.8 Å². The van der Waals surface area contributed by atoms with Crippen LogP contribution in [0.4, 0.5) is 0 Å². The molecule has 0 unspecified atom stereocenters. The van der Waals surface area contributed by atoms with E-state index >= 15 is 0 Å². The lowest BCUT2D eigenvalue weighted by atomic mass is 10.0. The van der Waals surface area contributed by atoms with Crippen LogP contribution < -0.4 is 9.47 Å². The third kappa shape index (κ3) is 11.0. The van der Waals surface area contributed by atoms with Gasteiger partial charge in [0.15, 0.2) is 0 Å². The van der Waals surface area contributed by atoms with Gasteiger partial charge in [0.1, 0.15) is 11.5 Å². The zero-order valence-electron chi connectivity index (χ0n) is 20.1. The summed E-state index contributed by atoms with van der Waals surface area (Å²) < 4.78 is 11.3. The zero-order chi connectivity index (χ0) is 22.0. The third-order valence-electron chi connectivity index (χ3n) is 4.19. The molecule has 0 aliphatic rings. The molecule has 0 heterocycles. The van der Waals surface area contributed by atoms with Crippen molar-refractivity contribution in [3.8, 4) is 11.5 Å². The van der Waals surface area contributed by atoms with Gasteiger partial charge in [0.25, 0.3) is 0 Å². The van der Waals surface area contributed by atoms with E-state index in [0.717, 1.165) is 24.3 Å². The second kappa shape index (κ2) is 12.6. The van der Waals surface area contributed by atoms with E-state index in [0.29, 0.717) is 11.8 Å². The highest BCUT2D eigenvalue weighted by molar-refractivity contribution is 5.36. The van der Waals surface area contributed by atoms with Gasteiger partial charge in [0.2, 0.25) is 0 Å². The summed E-state index contributed by atoms with van der Waals surface area (Å²) in [4.78, 5) is 0. The van der Waals surface area contributed by atoms with Crippen molar-refractivity contribution in [2.45, 2.75) is 87.4 Å². The largest absolute Gasteiger partial charge is 0.491 e. The van der Waals surface area contributed by atoms with Crippen LogP contribution in [0, 0.1) is 18.8 Å². The van der Waals surface area contributed by atoms with Crippen LogP contribution in [-0.2, 0) is 12.8 Å². The number of ether oxygens (including phenoxy) is 2. The average molecular weight is 399 g/mol. The number of benzene rings is 2. The molecule has 0 aliphatic carbocycles. The predicted molar refractivity (Wildman–Crippen MR) is 126 cm³/mol. The lowest BCUT2D eigenvalue weighted by Gasteiger charge is -2.14. The molecule has 0 bridgehead atoms. The molecule has 29 heavy (non-hydrogen) atoms. The van der Waals surface area contributed by atoms with E-state index in [1.165, 1.54) is 16.7 Å². The van der Waals surface area contributed by atoms with Crippen LogP contribution in [0.1, 0.15) is 72.1 Å². The maximum absolute atomic E-state index is 5.70. The third-order valence-corrected chi connectivity index (χ3v) is 4.19. The molecule has 2 aromatic rings. The van der Waals surface area contributed by atoms with Crippen molar-refractivity contribution in [3.05, 3.63) is 59.2 Å². The number of aryl methyl sites for hydroxylation is 1. The van der Waals surface area contributed by atoms with Gasteiger partial charge in [0.05, 0.1) is 12.2 Å². The van der Waals surface area contributed by atoms with Crippen molar-refractivity contribution < 1.29 is 9.47 Å². The molecular formula is C27H42O2. The SMILES string of the molecule is CC(C)Cc1ccc(OC(C)C)cc1.Cc1cc(CC(C)C)ccc1OC(C)C. The molecular weight excluding hydrogens is 356 g/mol. The Morgan fingerprint density at radius 2 is 1.10 bits per heavy atom. The first-order valence-electron chi connectivity index (χ1n) is 11.1. The molecule has 0 spiro atoms. The molecule has 0 radical (unpaired) electrons. The number of rotatable bonds is 8. The summed E-state index contributed by atoms with van der Waals surface area (Å²) in [6.45, 7) is 19.3. The lowest BCUT2D eigenvalue weighted by Crippen LogP contribution is -2.07. The molecule has 0 atom stereocenters. The monoisotopic (exact) mass is 398 g/mol. The van der Waals surface area contributed by atoms with Gasteiger partial charge in [-0.2, -0.15) is 0 Å². The smallest absolute Gasteiger partial charge is 0.122 e. The fourth-order valence-corrected chi connectivity index (χ4v) is 3.14. The predicted octanol–water partition coefficient (Wildman–Crippen LogP) is 7.65. The summed E-state index contributed by atoms with van der Waals surface area (Å²) in [6, 6.07) is 14.9. The molecule has 0 saturated heterocycles. The fraction of sp³-hybridized carbons (Fsp3) is 0.556. The van der Waals surface area contributed by atoms with Gasteiger partial charge < -0.3 is 9.47 Å². The highest BCUT2D eigenvalue weighted by atomic mass is 16.5. The van der Waals surface area contributed by atoms with Crippen LogP contribution >= 0.6 is 0 Å². The van der Waals surface area contributed by atoms with Crippen LogP contribution in [0.3, 0.4) is 0 Å². The summed E-state index contributed by atoms with van der Waals surface area (Å²) in [5.41, 5.74) is 4.02. The molecule has 0 saturated carbocycles. The second-order valence-electron chi connectivity index (χ2n) is 9.27. The Morgan fingerprint density at radius 1 is 0.621 bits per heavy atom. The number of hydrogen-bond acceptors (Lipinski definition) is 2. The van der Waals surface area contributed by atoms with Crippen LogP contribution in [0.25, 0.3) is 0 Å². The molecule has 0 aromatic heterocycles. The molecule has 0 N–H and O–H groups in total. The Kier molecular flexibility index (Phi) is 10.9. The summed E-state index contributed by atoms with van der Waals surface area (Å²) in [5.74, 6) is 3.40. The van der Waals surface area contributed by atoms with Crippen LogP contribution in [-0.4, -0.2) is 12.2 Å². The topological polar surface area (TPSA) is 18.5 Å². The first kappa shape index (κ1) is 25.1. The Bertz CT molecular complexity index is 668. The summed E-state index contributed by atoms with van der Waals surface area (Å²) >= 11 is 0. The maximum atomic E-state index is 5.70. The Hall–Kier alpha value is -1.96. The molecule has 0 aliphatic heterocycles. The Labute approximate surface area is 179 Å². The van der Waals surface area contributed by atoms with Gasteiger partial charge in [-0.15, -0.1) is 0 Å². The second-order valence-corrected chi connectivity index (χ2v) is 9.27. The minimum absolute atomic E-state index is 0.250. The fourth-order valence-electron chi connectivity index (χ4n) is 3.14. The lowest BCUT2D eigenvalue weighted by molar-refractivity contribution is 0.240. The molecule has 2 nitrogen and oxygen atoms in total. The maximum Gasteiger partial charge on any atom is 0.122 e. The molecule has 162 valence electrons. The average Bonchev–Trinajstić information content (AvgIpc) is 2.58. The van der Waals surface area contributed by atoms with Crippen molar-refractivity contribution >= 4 is 0 Å². The molecule has 2 rings (SSSR count). The Balaban J connectivity index is 0.000000291. The molecule has 2 heteroatoms. The normalized spacial score (nSPS) is 11.1. The van der Waals surface area contributed by atoms with E-state index in [2.05, 4.69) is 90.9 Å². The molecule has 0 amide bonds. The minimum Gasteiger partial charge on any atom is -0.491 e. The summed E-state index contributed by atoms with van der Waals surface area (Å²) in [7, 11) is 0. The van der Waals surface area contributed by atoms with Gasteiger partial charge in [0, 0.05) is 0 Å². The van der Waals surface area contributed by atoms with Gasteiger partial charge in [-0.05, 0) is 94.2 Å². The number of hydrogen-bond donors (Lipinski definition) is 0. The summed E-state index contributed by atoms with van der Waals surface area (Å²) in [5, 5.41) is 0. The van der Waals surface area contributed by atoms with Crippen molar-refractivity contribution in [3.63, 3.8) is 0 Å². The first-order valence-corrected chi connectivity index (χ1v) is 11.1. The van der Waals surface area contributed by atoms with E-state index in [4.69, 9.17) is 9.47 Å². The molecule has 0 fully saturated rings. The summed E-state index contributed by atoms with van der Waals surface area (Å²) in [6.07, 6.45) is 2.79. The van der Waals surface area contributed by atoms with Crippen molar-refractivity contribution in [2.75, 3.05) is 0 Å². The van der Waals surface area contributed by atoms with Gasteiger partial charge in [-0.3, -0.25) is 0 Å². The van der Waals surface area contributed by atoms with E-state index < -0.39 is 0 Å². The van der Waals surface area contributed by atoms with Gasteiger partial charge in [-0.1, -0.05) is 52.0 Å². The van der Waals surface area contributed by atoms with E-state index in [1.54, 1.807) is 0 Å². The quantitative estimate of drug-likeness (QED) is 0.454. The van der Waals surface area contributed by atoms with Crippen LogP contribution in [0.2, 0.25) is 0 Å². The van der Waals surface area contributed by atoms with Gasteiger partial charge in [-0.25, -0.2) is 0 Å².